The van der Waals surface area contributed by atoms with Gasteiger partial charge in [0.25, 0.3) is 5.91 Å². The molecule has 19 heavy (non-hydrogen) atoms. The van der Waals surface area contributed by atoms with Crippen LogP contribution in [0.4, 0.5) is 0 Å². The second kappa shape index (κ2) is 5.08. The van der Waals surface area contributed by atoms with E-state index in [1.165, 1.54) is 29.9 Å². The normalized spacial score (nSPS) is 14.2. The van der Waals surface area contributed by atoms with E-state index in [0.29, 0.717) is 11.6 Å². The summed E-state index contributed by atoms with van der Waals surface area (Å²) in [5, 5.41) is 11.6. The second-order valence-electron chi connectivity index (χ2n) is 4.62. The maximum Gasteiger partial charge on any atom is 0.282 e. The number of aryl methyl sites for hydroxylation is 3. The highest BCUT2D eigenvalue weighted by Gasteiger charge is 2.15. The average molecular weight is 277 g/mol. The van der Waals surface area contributed by atoms with Crippen LogP contribution >= 0.6 is 11.3 Å². The van der Waals surface area contributed by atoms with E-state index in [9.17, 15) is 4.79 Å². The molecule has 6 nitrogen and oxygen atoms in total. The van der Waals surface area contributed by atoms with Crippen molar-refractivity contribution in [1.82, 2.24) is 25.5 Å². The molecule has 0 radical (unpaired) electrons. The number of fused-ring (bicyclic) bond motifs is 1. The topological polar surface area (TPSA) is 83.6 Å². The molecule has 2 aromatic rings. The Bertz CT molecular complexity index is 580. The smallest absolute Gasteiger partial charge is 0.282 e. The fourth-order valence-corrected chi connectivity index (χ4v) is 2.83. The first-order valence-corrected chi connectivity index (χ1v) is 7.19. The van der Waals surface area contributed by atoms with Gasteiger partial charge in [-0.1, -0.05) is 11.3 Å². The minimum absolute atomic E-state index is 0.194. The fraction of sp³-hybridized carbons (Fsp3) is 0.500. The van der Waals surface area contributed by atoms with Gasteiger partial charge in [-0.05, 0) is 32.6 Å². The van der Waals surface area contributed by atoms with Crippen LogP contribution in [-0.2, 0) is 19.4 Å². The quantitative estimate of drug-likeness (QED) is 0.887. The van der Waals surface area contributed by atoms with E-state index in [-0.39, 0.29) is 5.91 Å². The monoisotopic (exact) mass is 277 g/mol. The van der Waals surface area contributed by atoms with Crippen molar-refractivity contribution in [2.45, 2.75) is 39.2 Å². The van der Waals surface area contributed by atoms with Gasteiger partial charge in [0.05, 0.1) is 12.2 Å². The van der Waals surface area contributed by atoms with E-state index in [1.54, 1.807) is 0 Å². The predicted molar refractivity (Wildman–Crippen MR) is 71.0 cm³/mol. The van der Waals surface area contributed by atoms with Crippen molar-refractivity contribution in [3.63, 3.8) is 0 Å². The lowest BCUT2D eigenvalue weighted by Crippen LogP contribution is -2.23. The molecule has 0 atom stereocenters. The molecule has 1 aliphatic carbocycles. The Labute approximate surface area is 114 Å². The maximum atomic E-state index is 11.8. The lowest BCUT2D eigenvalue weighted by Gasteiger charge is -2.07. The molecular weight excluding hydrogens is 262 g/mol. The van der Waals surface area contributed by atoms with Crippen molar-refractivity contribution in [2.75, 3.05) is 0 Å². The highest BCUT2D eigenvalue weighted by molar-refractivity contribution is 7.13. The maximum absolute atomic E-state index is 11.8. The molecule has 1 aliphatic rings. The number of aromatic nitrogens is 4. The van der Waals surface area contributed by atoms with Crippen molar-refractivity contribution < 1.29 is 4.79 Å². The molecule has 2 aromatic heterocycles. The van der Waals surface area contributed by atoms with Gasteiger partial charge >= 0.3 is 0 Å². The van der Waals surface area contributed by atoms with Crippen LogP contribution in [0, 0.1) is 6.92 Å². The molecule has 0 saturated heterocycles. The molecule has 2 heterocycles. The van der Waals surface area contributed by atoms with Crippen molar-refractivity contribution in [3.8, 4) is 0 Å². The summed E-state index contributed by atoms with van der Waals surface area (Å²) in [5.74, 6) is 0.626. The van der Waals surface area contributed by atoms with Crippen LogP contribution in [0.5, 0.6) is 0 Å². The Balaban J connectivity index is 1.63. The van der Waals surface area contributed by atoms with Crippen molar-refractivity contribution in [2.24, 2.45) is 0 Å². The first kappa shape index (κ1) is 12.3. The van der Waals surface area contributed by atoms with E-state index < -0.39 is 0 Å². The third-order valence-corrected chi connectivity index (χ3v) is 3.98. The average Bonchev–Trinajstić information content (AvgIpc) is 3.01. The number of rotatable bonds is 3. The van der Waals surface area contributed by atoms with Crippen LogP contribution in [0.15, 0.2) is 0 Å². The number of amides is 1. The summed E-state index contributed by atoms with van der Waals surface area (Å²) in [4.78, 5) is 19.6. The van der Waals surface area contributed by atoms with Gasteiger partial charge in [-0.25, -0.2) is 4.98 Å². The lowest BCUT2D eigenvalue weighted by atomic mass is 10.0. The molecule has 0 unspecified atom stereocenters. The number of hydrogen-bond acceptors (Lipinski definition) is 5. The van der Waals surface area contributed by atoms with E-state index >= 15 is 0 Å². The van der Waals surface area contributed by atoms with Crippen molar-refractivity contribution in [1.29, 1.82) is 0 Å². The number of nitrogens with one attached hydrogen (secondary N) is 2. The van der Waals surface area contributed by atoms with Crippen LogP contribution < -0.4 is 5.32 Å². The summed E-state index contributed by atoms with van der Waals surface area (Å²) in [6.45, 7) is 2.24. The zero-order valence-electron chi connectivity index (χ0n) is 10.7. The first-order chi connectivity index (χ1) is 9.22. The molecule has 0 fully saturated rings. The zero-order valence-corrected chi connectivity index (χ0v) is 11.5. The Hall–Kier alpha value is -1.76. The van der Waals surface area contributed by atoms with Gasteiger partial charge in [-0.3, -0.25) is 4.79 Å². The SMILES string of the molecule is Cc1nnc(C(=O)NCc2nc3c([nH]2)CCCC3)s1. The first-order valence-electron chi connectivity index (χ1n) is 6.37. The van der Waals surface area contributed by atoms with Crippen LogP contribution in [-0.4, -0.2) is 26.1 Å². The molecule has 100 valence electrons. The van der Waals surface area contributed by atoms with E-state index in [4.69, 9.17) is 0 Å². The molecular formula is C12H15N5OS. The van der Waals surface area contributed by atoms with Gasteiger partial charge in [0, 0.05) is 5.69 Å². The van der Waals surface area contributed by atoms with Crippen molar-refractivity contribution in [3.05, 3.63) is 27.2 Å². The van der Waals surface area contributed by atoms with Crippen LogP contribution in [0.1, 0.15) is 44.9 Å². The summed E-state index contributed by atoms with van der Waals surface area (Å²) in [5.41, 5.74) is 2.38. The molecule has 0 spiro atoms. The summed E-state index contributed by atoms with van der Waals surface area (Å²) in [7, 11) is 0. The number of imidazole rings is 1. The zero-order chi connectivity index (χ0) is 13.2. The summed E-state index contributed by atoms with van der Waals surface area (Å²) in [6.07, 6.45) is 4.51. The largest absolute Gasteiger partial charge is 0.344 e. The fourth-order valence-electron chi connectivity index (χ4n) is 2.22. The molecule has 1 amide bonds. The van der Waals surface area contributed by atoms with Gasteiger partial charge in [0.2, 0.25) is 5.01 Å². The molecule has 0 aliphatic heterocycles. The Morgan fingerprint density at radius 3 is 2.95 bits per heavy atom. The third-order valence-electron chi connectivity index (χ3n) is 3.14. The van der Waals surface area contributed by atoms with Gasteiger partial charge < -0.3 is 10.3 Å². The highest BCUT2D eigenvalue weighted by Crippen LogP contribution is 2.18. The molecule has 2 N–H and O–H groups in total. The number of hydrogen-bond donors (Lipinski definition) is 2. The summed E-state index contributed by atoms with van der Waals surface area (Å²) < 4.78 is 0. The summed E-state index contributed by atoms with van der Waals surface area (Å²) >= 11 is 1.29. The molecule has 0 saturated carbocycles. The molecule has 3 rings (SSSR count). The predicted octanol–water partition coefficient (Wildman–Crippen LogP) is 1.38. The van der Waals surface area contributed by atoms with Gasteiger partial charge in [0.15, 0.2) is 0 Å². The van der Waals surface area contributed by atoms with Gasteiger partial charge in [-0.15, -0.1) is 10.2 Å². The van der Waals surface area contributed by atoms with E-state index in [0.717, 1.165) is 29.4 Å². The lowest BCUT2D eigenvalue weighted by molar-refractivity contribution is 0.0949. The number of nitrogens with zero attached hydrogens (tertiary/aromatic N) is 3. The number of aromatic amines is 1. The number of carbonyl (C=O) groups is 1. The van der Waals surface area contributed by atoms with Crippen LogP contribution in [0.2, 0.25) is 0 Å². The Morgan fingerprint density at radius 1 is 1.37 bits per heavy atom. The standard InChI is InChI=1S/C12H15N5OS/c1-7-16-17-12(19-7)11(18)13-6-10-14-8-4-2-3-5-9(8)15-10/h2-6H2,1H3,(H,13,18)(H,14,15). The van der Waals surface area contributed by atoms with E-state index in [2.05, 4.69) is 25.5 Å². The summed E-state index contributed by atoms with van der Waals surface area (Å²) in [6, 6.07) is 0. The third kappa shape index (κ3) is 2.65. The minimum Gasteiger partial charge on any atom is -0.344 e. The second-order valence-corrected chi connectivity index (χ2v) is 5.81. The van der Waals surface area contributed by atoms with Crippen LogP contribution in [0.3, 0.4) is 0 Å². The van der Waals surface area contributed by atoms with Gasteiger partial charge in [0.1, 0.15) is 10.8 Å². The minimum atomic E-state index is -0.194. The molecule has 7 heteroatoms. The molecule has 0 bridgehead atoms. The Morgan fingerprint density at radius 2 is 2.21 bits per heavy atom. The highest BCUT2D eigenvalue weighted by atomic mass is 32.1. The Kier molecular flexibility index (Phi) is 3.29. The van der Waals surface area contributed by atoms with Gasteiger partial charge in [-0.2, -0.15) is 0 Å². The number of carbonyl (C=O) groups excluding carboxylic acids is 1. The number of H-pyrrole nitrogens is 1. The van der Waals surface area contributed by atoms with Crippen molar-refractivity contribution >= 4 is 17.2 Å². The van der Waals surface area contributed by atoms with Crippen LogP contribution in [0.25, 0.3) is 0 Å². The van der Waals surface area contributed by atoms with E-state index in [1.807, 2.05) is 6.92 Å². The molecule has 0 aromatic carbocycles.